The molecule has 0 saturated carbocycles. The van der Waals surface area contributed by atoms with Crippen molar-refractivity contribution in [1.82, 2.24) is 4.98 Å². The van der Waals surface area contributed by atoms with E-state index in [-0.39, 0.29) is 5.82 Å². The third-order valence-electron chi connectivity index (χ3n) is 2.37. The van der Waals surface area contributed by atoms with Gasteiger partial charge < -0.3 is 9.78 Å². The second kappa shape index (κ2) is 3.25. The van der Waals surface area contributed by atoms with Crippen molar-refractivity contribution in [1.29, 1.82) is 0 Å². The summed E-state index contributed by atoms with van der Waals surface area (Å²) in [7, 11) is 0. The van der Waals surface area contributed by atoms with E-state index in [4.69, 9.17) is 0 Å². The minimum Gasteiger partial charge on any atom is -0.358 e. The molecule has 0 saturated heterocycles. The third kappa shape index (κ3) is 1.31. The number of aromatic amines is 1. The minimum atomic E-state index is -0.274. The van der Waals surface area contributed by atoms with Crippen LogP contribution in [0.4, 0.5) is 4.39 Å². The Balaban J connectivity index is 2.72. The van der Waals surface area contributed by atoms with Gasteiger partial charge in [0.2, 0.25) is 0 Å². The third-order valence-corrected chi connectivity index (χ3v) is 2.37. The van der Waals surface area contributed by atoms with Crippen molar-refractivity contribution in [2.75, 3.05) is 0 Å². The van der Waals surface area contributed by atoms with E-state index in [9.17, 15) is 9.18 Å². The van der Waals surface area contributed by atoms with E-state index in [1.54, 1.807) is 6.07 Å². The lowest BCUT2D eigenvalue weighted by atomic mass is 10.1. The maximum Gasteiger partial charge on any atom is 0.124 e. The predicted molar refractivity (Wildman–Crippen MR) is 52.8 cm³/mol. The summed E-state index contributed by atoms with van der Waals surface area (Å²) in [5, 5.41) is 0.801. The number of rotatable bonds is 2. The molecule has 72 valence electrons. The first-order valence-corrected chi connectivity index (χ1v) is 4.42. The number of benzene rings is 1. The summed E-state index contributed by atoms with van der Waals surface area (Å²) in [4.78, 5) is 13.6. The number of aryl methyl sites for hydroxylation is 1. The van der Waals surface area contributed by atoms with E-state index in [0.717, 1.165) is 28.4 Å². The van der Waals surface area contributed by atoms with E-state index >= 15 is 0 Å². The molecule has 1 heterocycles. The van der Waals surface area contributed by atoms with E-state index in [1.165, 1.54) is 12.1 Å². The van der Waals surface area contributed by atoms with Gasteiger partial charge in [0.05, 0.1) is 0 Å². The van der Waals surface area contributed by atoms with Crippen LogP contribution in [-0.2, 0) is 11.2 Å². The van der Waals surface area contributed by atoms with E-state index in [2.05, 4.69) is 4.98 Å². The van der Waals surface area contributed by atoms with E-state index < -0.39 is 0 Å². The van der Waals surface area contributed by atoms with Crippen LogP contribution in [0.2, 0.25) is 0 Å². The maximum absolute atomic E-state index is 13.0. The minimum absolute atomic E-state index is 0.274. The molecule has 0 unspecified atom stereocenters. The summed E-state index contributed by atoms with van der Waals surface area (Å²) < 4.78 is 13.0. The van der Waals surface area contributed by atoms with Crippen LogP contribution in [-0.4, -0.2) is 11.3 Å². The molecule has 1 N–H and O–H groups in total. The summed E-state index contributed by atoms with van der Waals surface area (Å²) in [5.74, 6) is -0.274. The number of carbonyl (C=O) groups excluding carboxylic acids is 1. The Bertz CT molecular complexity index is 487. The van der Waals surface area contributed by atoms with Gasteiger partial charge in [-0.1, -0.05) is 0 Å². The van der Waals surface area contributed by atoms with E-state index in [0.29, 0.717) is 6.42 Å². The van der Waals surface area contributed by atoms with Crippen molar-refractivity contribution in [3.63, 3.8) is 0 Å². The van der Waals surface area contributed by atoms with Gasteiger partial charge in [-0.15, -0.1) is 0 Å². The number of hydrogen-bond acceptors (Lipinski definition) is 1. The summed E-state index contributed by atoms with van der Waals surface area (Å²) in [6, 6.07) is 4.55. The summed E-state index contributed by atoms with van der Waals surface area (Å²) >= 11 is 0. The molecule has 0 spiro atoms. The molecule has 2 aromatic rings. The fourth-order valence-corrected chi connectivity index (χ4v) is 1.70. The van der Waals surface area contributed by atoms with Crippen LogP contribution in [0.1, 0.15) is 11.3 Å². The second-order valence-electron chi connectivity index (χ2n) is 3.29. The number of H-pyrrole nitrogens is 1. The molecule has 0 fully saturated rings. The SMILES string of the molecule is Cc1[nH]c2ccc(F)cc2c1CC=O. The molecule has 0 aliphatic carbocycles. The summed E-state index contributed by atoms with van der Waals surface area (Å²) in [6.07, 6.45) is 1.16. The molecule has 2 rings (SSSR count). The number of halogens is 1. The van der Waals surface area contributed by atoms with Crippen molar-refractivity contribution in [2.24, 2.45) is 0 Å². The summed E-state index contributed by atoms with van der Waals surface area (Å²) in [6.45, 7) is 1.89. The van der Waals surface area contributed by atoms with E-state index in [1.807, 2.05) is 6.92 Å². The van der Waals surface area contributed by atoms with Gasteiger partial charge in [-0.3, -0.25) is 0 Å². The standard InChI is InChI=1S/C11H10FNO/c1-7-9(4-5-14)10-6-8(12)2-3-11(10)13-7/h2-3,5-6,13H,4H2,1H3. The Morgan fingerprint density at radius 1 is 1.50 bits per heavy atom. The first kappa shape index (κ1) is 8.94. The molecule has 0 aliphatic rings. The Hall–Kier alpha value is -1.64. The van der Waals surface area contributed by atoms with Crippen molar-refractivity contribution >= 4 is 17.2 Å². The first-order valence-electron chi connectivity index (χ1n) is 4.42. The van der Waals surface area contributed by atoms with Gasteiger partial charge in [0, 0.05) is 23.0 Å². The first-order chi connectivity index (χ1) is 6.72. The molecule has 14 heavy (non-hydrogen) atoms. The highest BCUT2D eigenvalue weighted by molar-refractivity contribution is 5.86. The average molecular weight is 191 g/mol. The maximum atomic E-state index is 13.0. The molecule has 1 aromatic carbocycles. The predicted octanol–water partition coefficient (Wildman–Crippen LogP) is 2.36. The van der Waals surface area contributed by atoms with Crippen molar-refractivity contribution < 1.29 is 9.18 Å². The Labute approximate surface area is 80.7 Å². The molecule has 0 aliphatic heterocycles. The Morgan fingerprint density at radius 2 is 2.29 bits per heavy atom. The van der Waals surface area contributed by atoms with Gasteiger partial charge in [-0.05, 0) is 30.7 Å². The Kier molecular flexibility index (Phi) is 2.08. The number of fused-ring (bicyclic) bond motifs is 1. The smallest absolute Gasteiger partial charge is 0.124 e. The lowest BCUT2D eigenvalue weighted by Crippen LogP contribution is -1.86. The molecule has 1 aromatic heterocycles. The van der Waals surface area contributed by atoms with Gasteiger partial charge in [0.15, 0.2) is 0 Å². The van der Waals surface area contributed by atoms with Crippen LogP contribution >= 0.6 is 0 Å². The quantitative estimate of drug-likeness (QED) is 0.726. The van der Waals surface area contributed by atoms with Crippen LogP contribution in [0.5, 0.6) is 0 Å². The van der Waals surface area contributed by atoms with Crippen molar-refractivity contribution in [3.05, 3.63) is 35.3 Å². The highest BCUT2D eigenvalue weighted by Gasteiger charge is 2.07. The van der Waals surface area contributed by atoms with Crippen LogP contribution in [0.25, 0.3) is 10.9 Å². The fourth-order valence-electron chi connectivity index (χ4n) is 1.70. The van der Waals surface area contributed by atoms with Gasteiger partial charge in [-0.2, -0.15) is 0 Å². The molecule has 0 bridgehead atoms. The zero-order chi connectivity index (χ0) is 10.1. The molecule has 0 radical (unpaired) electrons. The van der Waals surface area contributed by atoms with Gasteiger partial charge >= 0.3 is 0 Å². The lowest BCUT2D eigenvalue weighted by Gasteiger charge is -1.94. The van der Waals surface area contributed by atoms with Crippen LogP contribution in [0.3, 0.4) is 0 Å². The normalized spacial score (nSPS) is 10.7. The number of hydrogen-bond donors (Lipinski definition) is 1. The molecule has 0 atom stereocenters. The number of aldehydes is 1. The second-order valence-corrected chi connectivity index (χ2v) is 3.29. The number of aromatic nitrogens is 1. The lowest BCUT2D eigenvalue weighted by molar-refractivity contribution is -0.107. The highest BCUT2D eigenvalue weighted by atomic mass is 19.1. The molecule has 0 amide bonds. The van der Waals surface area contributed by atoms with Crippen LogP contribution < -0.4 is 0 Å². The molecule has 3 heteroatoms. The molecular weight excluding hydrogens is 181 g/mol. The summed E-state index contributed by atoms with van der Waals surface area (Å²) in [5.41, 5.74) is 2.69. The zero-order valence-corrected chi connectivity index (χ0v) is 7.80. The van der Waals surface area contributed by atoms with Gasteiger partial charge in [0.1, 0.15) is 12.1 Å². The largest absolute Gasteiger partial charge is 0.358 e. The topological polar surface area (TPSA) is 32.9 Å². The average Bonchev–Trinajstić information content (AvgIpc) is 2.45. The number of carbonyl (C=O) groups is 1. The Morgan fingerprint density at radius 3 is 3.00 bits per heavy atom. The van der Waals surface area contributed by atoms with Gasteiger partial charge in [0.25, 0.3) is 0 Å². The van der Waals surface area contributed by atoms with Crippen molar-refractivity contribution in [2.45, 2.75) is 13.3 Å². The van der Waals surface area contributed by atoms with Crippen LogP contribution in [0.15, 0.2) is 18.2 Å². The molecular formula is C11H10FNO. The van der Waals surface area contributed by atoms with Gasteiger partial charge in [-0.25, -0.2) is 4.39 Å². The fraction of sp³-hybridized carbons (Fsp3) is 0.182. The van der Waals surface area contributed by atoms with Crippen LogP contribution in [0, 0.1) is 12.7 Å². The van der Waals surface area contributed by atoms with Crippen molar-refractivity contribution in [3.8, 4) is 0 Å². The zero-order valence-electron chi connectivity index (χ0n) is 7.80. The molecule has 2 nitrogen and oxygen atoms in total. The monoisotopic (exact) mass is 191 g/mol. The number of nitrogens with one attached hydrogen (secondary N) is 1. The highest BCUT2D eigenvalue weighted by Crippen LogP contribution is 2.22.